The first kappa shape index (κ1) is 17.4. The van der Waals surface area contributed by atoms with Crippen LogP contribution >= 0.6 is 0 Å². The molecule has 0 saturated heterocycles. The number of nitrogens with two attached hydrogens (primary N) is 2. The van der Waals surface area contributed by atoms with Crippen molar-refractivity contribution in [3.05, 3.63) is 65.2 Å². The first-order valence-corrected chi connectivity index (χ1v) is 7.83. The number of anilines is 2. The number of hydrogen-bond donors (Lipinski definition) is 3. The summed E-state index contributed by atoms with van der Waals surface area (Å²) in [6.07, 6.45) is 4.21. The molecule has 0 saturated carbocycles. The highest BCUT2D eigenvalue weighted by molar-refractivity contribution is 5.72. The third kappa shape index (κ3) is 5.35. The van der Waals surface area contributed by atoms with Gasteiger partial charge in [-0.3, -0.25) is 0 Å². The average Bonchev–Trinajstić information content (AvgIpc) is 2.58. The molecule has 0 unspecified atom stereocenters. The number of ether oxygens (including phenoxy) is 1. The van der Waals surface area contributed by atoms with E-state index in [-0.39, 0.29) is 6.61 Å². The fraction of sp³-hybridized carbons (Fsp3) is 0.211. The molecule has 0 spiro atoms. The van der Waals surface area contributed by atoms with Gasteiger partial charge in [0.1, 0.15) is 6.61 Å². The van der Waals surface area contributed by atoms with E-state index in [4.69, 9.17) is 16.2 Å². The number of alkyl carbamates (subject to hydrolysis) is 1. The minimum atomic E-state index is -0.417. The predicted octanol–water partition coefficient (Wildman–Crippen LogP) is 3.49. The quantitative estimate of drug-likeness (QED) is 0.560. The van der Waals surface area contributed by atoms with E-state index in [0.29, 0.717) is 24.3 Å². The van der Waals surface area contributed by atoms with Crippen molar-refractivity contribution < 1.29 is 9.53 Å². The SMILES string of the molecule is Cc1cc(C=CCCNC(=O)OCc2ccccc2)cc(N)c1N. The van der Waals surface area contributed by atoms with Crippen molar-refractivity contribution in [3.8, 4) is 0 Å². The van der Waals surface area contributed by atoms with E-state index in [1.165, 1.54) is 0 Å². The lowest BCUT2D eigenvalue weighted by Crippen LogP contribution is -2.24. The molecule has 5 N–H and O–H groups in total. The number of benzene rings is 2. The van der Waals surface area contributed by atoms with Crippen molar-refractivity contribution in [2.75, 3.05) is 18.0 Å². The van der Waals surface area contributed by atoms with Gasteiger partial charge in [-0.05, 0) is 42.2 Å². The summed E-state index contributed by atoms with van der Waals surface area (Å²) >= 11 is 0. The fourth-order valence-electron chi connectivity index (χ4n) is 2.20. The highest BCUT2D eigenvalue weighted by atomic mass is 16.5. The van der Waals surface area contributed by atoms with Crippen molar-refractivity contribution >= 4 is 23.5 Å². The zero-order valence-electron chi connectivity index (χ0n) is 13.8. The lowest BCUT2D eigenvalue weighted by Gasteiger charge is -2.06. The van der Waals surface area contributed by atoms with Gasteiger partial charge in [0.05, 0.1) is 11.4 Å². The summed E-state index contributed by atoms with van der Waals surface area (Å²) in [5, 5.41) is 2.71. The summed E-state index contributed by atoms with van der Waals surface area (Å²) in [6, 6.07) is 13.4. The van der Waals surface area contributed by atoms with E-state index in [2.05, 4.69) is 5.32 Å². The molecule has 5 nitrogen and oxygen atoms in total. The Morgan fingerprint density at radius 3 is 2.67 bits per heavy atom. The van der Waals surface area contributed by atoms with E-state index in [1.807, 2.05) is 61.5 Å². The summed E-state index contributed by atoms with van der Waals surface area (Å²) in [7, 11) is 0. The van der Waals surface area contributed by atoms with E-state index in [9.17, 15) is 4.79 Å². The van der Waals surface area contributed by atoms with Crippen LogP contribution in [0.5, 0.6) is 0 Å². The smallest absolute Gasteiger partial charge is 0.407 e. The van der Waals surface area contributed by atoms with Crippen LogP contribution in [0.2, 0.25) is 0 Å². The number of rotatable bonds is 6. The fourth-order valence-corrected chi connectivity index (χ4v) is 2.20. The summed E-state index contributed by atoms with van der Waals surface area (Å²) in [5.41, 5.74) is 15.8. The minimum Gasteiger partial charge on any atom is -0.445 e. The zero-order chi connectivity index (χ0) is 17.4. The highest BCUT2D eigenvalue weighted by Crippen LogP contribution is 2.22. The number of hydrogen-bond acceptors (Lipinski definition) is 4. The van der Waals surface area contributed by atoms with Crippen molar-refractivity contribution in [1.29, 1.82) is 0 Å². The molecule has 2 rings (SSSR count). The second-order valence-corrected chi connectivity index (χ2v) is 5.52. The maximum absolute atomic E-state index is 11.6. The second kappa shape index (κ2) is 8.62. The molecule has 0 heterocycles. The third-order valence-corrected chi connectivity index (χ3v) is 3.54. The van der Waals surface area contributed by atoms with Crippen LogP contribution in [0, 0.1) is 6.92 Å². The van der Waals surface area contributed by atoms with Crippen LogP contribution in [0.4, 0.5) is 16.2 Å². The lowest BCUT2D eigenvalue weighted by molar-refractivity contribution is 0.140. The molecule has 1 amide bonds. The number of carbonyl (C=O) groups excluding carboxylic acids is 1. The van der Waals surface area contributed by atoms with Crippen LogP contribution in [0.15, 0.2) is 48.5 Å². The molecule has 24 heavy (non-hydrogen) atoms. The number of amides is 1. The highest BCUT2D eigenvalue weighted by Gasteiger charge is 2.01. The Balaban J connectivity index is 1.69. The first-order chi connectivity index (χ1) is 11.6. The molecule has 2 aromatic rings. The molecule has 0 fully saturated rings. The van der Waals surface area contributed by atoms with E-state index in [1.54, 1.807) is 0 Å². The van der Waals surface area contributed by atoms with Crippen molar-refractivity contribution in [1.82, 2.24) is 5.32 Å². The summed E-state index contributed by atoms with van der Waals surface area (Å²) in [4.78, 5) is 11.6. The van der Waals surface area contributed by atoms with E-state index >= 15 is 0 Å². The maximum atomic E-state index is 11.6. The van der Waals surface area contributed by atoms with Gasteiger partial charge in [-0.15, -0.1) is 0 Å². The number of nitrogens with one attached hydrogen (secondary N) is 1. The van der Waals surface area contributed by atoms with Gasteiger partial charge >= 0.3 is 6.09 Å². The molecule has 0 radical (unpaired) electrons. The van der Waals surface area contributed by atoms with Gasteiger partial charge in [-0.25, -0.2) is 4.79 Å². The Kier molecular flexibility index (Phi) is 6.25. The summed E-state index contributed by atoms with van der Waals surface area (Å²) in [5.74, 6) is 0. The van der Waals surface area contributed by atoms with Crippen molar-refractivity contribution in [2.45, 2.75) is 20.0 Å². The molecule has 5 heteroatoms. The van der Waals surface area contributed by atoms with Gasteiger partial charge in [0, 0.05) is 6.54 Å². The Hall–Kier alpha value is -2.95. The Morgan fingerprint density at radius 1 is 1.21 bits per heavy atom. The molecular weight excluding hydrogens is 302 g/mol. The van der Waals surface area contributed by atoms with Gasteiger partial charge in [0.2, 0.25) is 0 Å². The van der Waals surface area contributed by atoms with Gasteiger partial charge in [-0.2, -0.15) is 0 Å². The molecule has 0 aromatic heterocycles. The van der Waals surface area contributed by atoms with Crippen molar-refractivity contribution in [3.63, 3.8) is 0 Å². The summed E-state index contributed by atoms with van der Waals surface area (Å²) in [6.45, 7) is 2.70. The van der Waals surface area contributed by atoms with Crippen LogP contribution in [-0.4, -0.2) is 12.6 Å². The molecule has 0 atom stereocenters. The monoisotopic (exact) mass is 325 g/mol. The van der Waals surface area contributed by atoms with Gasteiger partial charge in [0.25, 0.3) is 0 Å². The Bertz CT molecular complexity index is 689. The van der Waals surface area contributed by atoms with Gasteiger partial charge in [0.15, 0.2) is 0 Å². The molecule has 126 valence electrons. The van der Waals surface area contributed by atoms with Crippen LogP contribution in [0.25, 0.3) is 6.08 Å². The maximum Gasteiger partial charge on any atom is 0.407 e. The molecule has 0 bridgehead atoms. The number of carbonyl (C=O) groups is 1. The topological polar surface area (TPSA) is 90.4 Å². The van der Waals surface area contributed by atoms with Crippen LogP contribution in [0.1, 0.15) is 23.1 Å². The number of aryl methyl sites for hydroxylation is 1. The minimum absolute atomic E-state index is 0.270. The number of nitrogen functional groups attached to an aromatic ring is 2. The first-order valence-electron chi connectivity index (χ1n) is 7.83. The van der Waals surface area contributed by atoms with Gasteiger partial charge in [-0.1, -0.05) is 42.5 Å². The van der Waals surface area contributed by atoms with Crippen LogP contribution < -0.4 is 16.8 Å². The van der Waals surface area contributed by atoms with E-state index < -0.39 is 6.09 Å². The lowest BCUT2D eigenvalue weighted by atomic mass is 10.1. The Morgan fingerprint density at radius 2 is 1.96 bits per heavy atom. The summed E-state index contributed by atoms with van der Waals surface area (Å²) < 4.78 is 5.13. The zero-order valence-corrected chi connectivity index (χ0v) is 13.8. The van der Waals surface area contributed by atoms with Crippen LogP contribution in [0.3, 0.4) is 0 Å². The molecular formula is C19H23N3O2. The average molecular weight is 325 g/mol. The molecule has 0 aliphatic heterocycles. The van der Waals surface area contributed by atoms with Crippen molar-refractivity contribution in [2.24, 2.45) is 0 Å². The largest absolute Gasteiger partial charge is 0.445 e. The standard InChI is InChI=1S/C19H23N3O2/c1-14-11-16(12-17(20)18(14)21)9-5-6-10-22-19(23)24-13-15-7-3-2-4-8-15/h2-5,7-9,11-12H,6,10,13,20-21H2,1H3,(H,22,23). The normalized spacial score (nSPS) is 10.7. The Labute approximate surface area is 142 Å². The third-order valence-electron chi connectivity index (χ3n) is 3.54. The molecule has 0 aliphatic carbocycles. The van der Waals surface area contributed by atoms with E-state index in [0.717, 1.165) is 16.7 Å². The molecule has 0 aliphatic rings. The second-order valence-electron chi connectivity index (χ2n) is 5.52. The van der Waals surface area contributed by atoms with Crippen LogP contribution in [-0.2, 0) is 11.3 Å². The molecule has 2 aromatic carbocycles. The van der Waals surface area contributed by atoms with Gasteiger partial charge < -0.3 is 21.5 Å². The predicted molar refractivity (Wildman–Crippen MR) is 98.3 cm³/mol.